The van der Waals surface area contributed by atoms with Crippen molar-refractivity contribution < 1.29 is 15.0 Å². The van der Waals surface area contributed by atoms with Gasteiger partial charge in [-0.2, -0.15) is 0 Å². The number of nitrogens with one attached hydrogen (secondary N) is 1. The predicted molar refractivity (Wildman–Crippen MR) is 345 cm³/mol. The number of aliphatic hydroxyl groups excluding tert-OH is 2. The second-order valence-electron chi connectivity index (χ2n) is 24.6. The molecule has 0 aromatic carbocycles. The van der Waals surface area contributed by atoms with Crippen molar-refractivity contribution in [1.82, 2.24) is 5.32 Å². The van der Waals surface area contributed by atoms with E-state index in [2.05, 4.69) is 43.5 Å². The normalized spacial score (nSPS) is 12.8. The van der Waals surface area contributed by atoms with E-state index in [0.29, 0.717) is 6.42 Å². The molecule has 0 aliphatic rings. The van der Waals surface area contributed by atoms with Crippen LogP contribution in [0.3, 0.4) is 0 Å². The lowest BCUT2D eigenvalue weighted by molar-refractivity contribution is -0.123. The minimum Gasteiger partial charge on any atom is -0.394 e. The smallest absolute Gasteiger partial charge is 0.220 e. The van der Waals surface area contributed by atoms with E-state index in [0.717, 1.165) is 32.1 Å². The van der Waals surface area contributed by atoms with Crippen LogP contribution in [0.15, 0.2) is 36.5 Å². The summed E-state index contributed by atoms with van der Waals surface area (Å²) in [5.74, 6) is -0.0649. The van der Waals surface area contributed by atoms with Crippen LogP contribution in [0.4, 0.5) is 0 Å². The Kier molecular flexibility index (Phi) is 67.6. The van der Waals surface area contributed by atoms with Gasteiger partial charge in [0.2, 0.25) is 5.91 Å². The Morgan fingerprint density at radius 2 is 0.506 bits per heavy atom. The third kappa shape index (κ3) is 65.3. The van der Waals surface area contributed by atoms with E-state index in [1.807, 2.05) is 6.08 Å². The monoisotopic (exact) mass is 1080 g/mol. The molecule has 0 rings (SSSR count). The number of allylic oxidation sites excluding steroid dienone is 5. The molecule has 0 spiro atoms. The molecule has 0 saturated carbocycles. The average Bonchev–Trinajstić information content (AvgIpc) is 3.43. The van der Waals surface area contributed by atoms with Gasteiger partial charge in [0.15, 0.2) is 0 Å². The molecule has 0 heterocycles. The van der Waals surface area contributed by atoms with Gasteiger partial charge in [-0.25, -0.2) is 0 Å². The van der Waals surface area contributed by atoms with Gasteiger partial charge in [0.05, 0.1) is 18.8 Å². The molecule has 77 heavy (non-hydrogen) atoms. The number of unbranched alkanes of at least 4 members (excludes halogenated alkanes) is 56. The molecule has 1 amide bonds. The molecule has 0 saturated heterocycles. The largest absolute Gasteiger partial charge is 0.394 e. The lowest BCUT2D eigenvalue weighted by atomic mass is 10.0. The fraction of sp³-hybridized carbons (Fsp3) is 0.904. The number of amides is 1. The number of hydrogen-bond acceptors (Lipinski definition) is 3. The predicted octanol–water partition coefficient (Wildman–Crippen LogP) is 24.3. The number of rotatable bonds is 67. The first kappa shape index (κ1) is 75.6. The molecule has 0 aromatic heterocycles. The molecule has 4 nitrogen and oxygen atoms in total. The SMILES string of the molecule is CCCCCCCCCC/C=C\CCCCCCCCCCCCCCCCCCCCCCCCCCCCCC(=O)NC(CO)C(O)/C=C/CC/C=C/CCCCCCCCCCCCCCCCCCCCCC. The van der Waals surface area contributed by atoms with Crippen molar-refractivity contribution in [1.29, 1.82) is 0 Å². The Labute approximate surface area is 484 Å². The summed E-state index contributed by atoms with van der Waals surface area (Å²) in [6.45, 7) is 4.34. The summed E-state index contributed by atoms with van der Waals surface area (Å²) in [4.78, 5) is 12.5. The van der Waals surface area contributed by atoms with Crippen LogP contribution >= 0.6 is 0 Å². The topological polar surface area (TPSA) is 69.6 Å². The van der Waals surface area contributed by atoms with E-state index in [1.165, 1.54) is 353 Å². The number of hydrogen-bond donors (Lipinski definition) is 3. The van der Waals surface area contributed by atoms with Crippen LogP contribution in [0.25, 0.3) is 0 Å². The second-order valence-corrected chi connectivity index (χ2v) is 24.6. The Morgan fingerprint density at radius 1 is 0.299 bits per heavy atom. The van der Waals surface area contributed by atoms with Crippen LogP contribution in [0.1, 0.15) is 406 Å². The summed E-state index contributed by atoms with van der Waals surface area (Å²) >= 11 is 0. The lowest BCUT2D eigenvalue weighted by Gasteiger charge is -2.19. The van der Waals surface area contributed by atoms with Gasteiger partial charge in [-0.15, -0.1) is 0 Å². The van der Waals surface area contributed by atoms with E-state index >= 15 is 0 Å². The maximum absolute atomic E-state index is 12.5. The molecule has 2 atom stereocenters. The maximum Gasteiger partial charge on any atom is 0.220 e. The van der Waals surface area contributed by atoms with Crippen molar-refractivity contribution in [2.24, 2.45) is 0 Å². The van der Waals surface area contributed by atoms with Crippen LogP contribution in [0, 0.1) is 0 Å². The molecule has 4 heteroatoms. The fourth-order valence-electron chi connectivity index (χ4n) is 11.4. The zero-order chi connectivity index (χ0) is 55.5. The molecule has 456 valence electrons. The second kappa shape index (κ2) is 68.9. The van der Waals surface area contributed by atoms with E-state index < -0.39 is 12.1 Å². The summed E-state index contributed by atoms with van der Waals surface area (Å²) < 4.78 is 0. The Balaban J connectivity index is 3.41. The molecule has 0 radical (unpaired) electrons. The zero-order valence-corrected chi connectivity index (χ0v) is 52.8. The lowest BCUT2D eigenvalue weighted by Crippen LogP contribution is -2.45. The first-order valence-electron chi connectivity index (χ1n) is 35.7. The Morgan fingerprint density at radius 3 is 0.753 bits per heavy atom. The third-order valence-corrected chi connectivity index (χ3v) is 16.8. The molecule has 0 aliphatic heterocycles. The summed E-state index contributed by atoms with van der Waals surface area (Å²) in [7, 11) is 0. The third-order valence-electron chi connectivity index (χ3n) is 16.8. The van der Waals surface area contributed by atoms with Crippen molar-refractivity contribution in [2.75, 3.05) is 6.61 Å². The van der Waals surface area contributed by atoms with E-state index in [1.54, 1.807) is 6.08 Å². The van der Waals surface area contributed by atoms with E-state index in [9.17, 15) is 15.0 Å². The van der Waals surface area contributed by atoms with Gasteiger partial charge < -0.3 is 15.5 Å². The number of carbonyl (C=O) groups is 1. The summed E-state index contributed by atoms with van der Waals surface area (Å²) in [6, 6.07) is -0.639. The van der Waals surface area contributed by atoms with E-state index in [4.69, 9.17) is 0 Å². The molecular weight excluding hydrogens is 939 g/mol. The number of aliphatic hydroxyl groups is 2. The Bertz CT molecular complexity index is 1180. The summed E-state index contributed by atoms with van der Waals surface area (Å²) in [5, 5.41) is 23.3. The van der Waals surface area contributed by atoms with Gasteiger partial charge in [-0.1, -0.05) is 378 Å². The quantitative estimate of drug-likeness (QED) is 0.0420. The minimum atomic E-state index is -0.862. The van der Waals surface area contributed by atoms with Crippen LogP contribution in [-0.4, -0.2) is 34.9 Å². The van der Waals surface area contributed by atoms with Crippen LogP contribution in [0.2, 0.25) is 0 Å². The standard InChI is InChI=1S/C73H141NO3/c1-3-5-7-9-11-13-15-17-19-21-23-25-27-29-31-32-33-34-35-36-37-38-39-40-41-42-43-45-47-49-51-53-55-57-59-61-63-65-67-69-73(77)74-71(70-75)72(76)68-66-64-62-60-58-56-54-52-50-48-46-44-30-28-26-24-22-20-18-16-14-12-10-8-6-4-2/h21,23,58,60,66,68,71-72,75-76H,3-20,22,24-57,59,61-65,67,69-70H2,1-2H3,(H,74,77)/b23-21-,60-58+,68-66+. The number of carbonyl (C=O) groups excluding carboxylic acids is 1. The van der Waals surface area contributed by atoms with Crippen molar-refractivity contribution in [2.45, 2.75) is 418 Å². The summed E-state index contributed by atoms with van der Waals surface area (Å²) in [6.07, 6.45) is 95.4. The van der Waals surface area contributed by atoms with Crippen LogP contribution in [0.5, 0.6) is 0 Å². The molecular formula is C73H141NO3. The van der Waals surface area contributed by atoms with Crippen molar-refractivity contribution in [3.05, 3.63) is 36.5 Å². The molecule has 0 aromatic rings. The molecule has 0 fully saturated rings. The fourth-order valence-corrected chi connectivity index (χ4v) is 11.4. The minimum absolute atomic E-state index is 0.0649. The highest BCUT2D eigenvalue weighted by atomic mass is 16.3. The van der Waals surface area contributed by atoms with Crippen molar-refractivity contribution >= 4 is 5.91 Å². The van der Waals surface area contributed by atoms with Gasteiger partial charge in [-0.05, 0) is 57.8 Å². The van der Waals surface area contributed by atoms with Gasteiger partial charge >= 0.3 is 0 Å². The van der Waals surface area contributed by atoms with Crippen LogP contribution < -0.4 is 5.32 Å². The maximum atomic E-state index is 12.5. The van der Waals surface area contributed by atoms with Crippen LogP contribution in [-0.2, 0) is 4.79 Å². The van der Waals surface area contributed by atoms with Gasteiger partial charge in [-0.3, -0.25) is 4.79 Å². The average molecular weight is 1080 g/mol. The highest BCUT2D eigenvalue weighted by molar-refractivity contribution is 5.76. The highest BCUT2D eigenvalue weighted by Gasteiger charge is 2.18. The van der Waals surface area contributed by atoms with Crippen molar-refractivity contribution in [3.8, 4) is 0 Å². The van der Waals surface area contributed by atoms with Gasteiger partial charge in [0.25, 0.3) is 0 Å². The first-order valence-corrected chi connectivity index (χ1v) is 35.7. The van der Waals surface area contributed by atoms with Crippen molar-refractivity contribution in [3.63, 3.8) is 0 Å². The zero-order valence-electron chi connectivity index (χ0n) is 52.8. The molecule has 0 aliphatic carbocycles. The van der Waals surface area contributed by atoms with E-state index in [-0.39, 0.29) is 12.5 Å². The van der Waals surface area contributed by atoms with Gasteiger partial charge in [0.1, 0.15) is 0 Å². The highest BCUT2D eigenvalue weighted by Crippen LogP contribution is 2.19. The molecule has 2 unspecified atom stereocenters. The molecule has 3 N–H and O–H groups in total. The molecule has 0 bridgehead atoms. The van der Waals surface area contributed by atoms with Gasteiger partial charge in [0, 0.05) is 6.42 Å². The first-order chi connectivity index (χ1) is 38.2. The Hall–Kier alpha value is -1.39. The summed E-state index contributed by atoms with van der Waals surface area (Å²) in [5.41, 5.74) is 0.